The maximum atomic E-state index is 11.8. The average molecular weight is 343 g/mol. The van der Waals surface area contributed by atoms with Crippen LogP contribution >= 0.6 is 11.8 Å². The van der Waals surface area contributed by atoms with Crippen molar-refractivity contribution in [3.05, 3.63) is 30.5 Å². The largest absolute Gasteiger partial charge is 0.360 e. The Labute approximate surface area is 145 Å². The number of nitrogens with one attached hydrogen (secondary N) is 2. The summed E-state index contributed by atoms with van der Waals surface area (Å²) in [5.74, 6) is 1.17. The number of H-pyrrole nitrogens is 1. The summed E-state index contributed by atoms with van der Waals surface area (Å²) in [7, 11) is 0. The molecular weight excluding hydrogens is 322 g/mol. The van der Waals surface area contributed by atoms with Crippen molar-refractivity contribution in [1.29, 1.82) is 0 Å². The number of nitrogens with zero attached hydrogens (tertiary/aromatic N) is 3. The molecule has 0 saturated carbocycles. The first-order valence-electron chi connectivity index (χ1n) is 8.02. The Hall–Kier alpha value is -2.28. The molecule has 0 aliphatic carbocycles. The third-order valence-electron chi connectivity index (χ3n) is 3.65. The molecule has 24 heavy (non-hydrogen) atoms. The number of fused-ring (bicyclic) bond motifs is 1. The van der Waals surface area contributed by atoms with Gasteiger partial charge in [0.2, 0.25) is 5.91 Å². The van der Waals surface area contributed by atoms with Crippen LogP contribution in [0.1, 0.15) is 20.8 Å². The highest BCUT2D eigenvalue weighted by Gasteiger charge is 2.17. The minimum absolute atomic E-state index is 0.00861. The molecule has 2 heterocycles. The van der Waals surface area contributed by atoms with E-state index in [1.165, 1.54) is 11.8 Å². The molecule has 2 aromatic heterocycles. The predicted octanol–water partition coefficient (Wildman–Crippen LogP) is 3.06. The van der Waals surface area contributed by atoms with Crippen LogP contribution in [0.3, 0.4) is 0 Å². The van der Waals surface area contributed by atoms with Crippen molar-refractivity contribution in [2.24, 2.45) is 0 Å². The molecule has 1 aromatic carbocycles. The molecule has 0 aliphatic heterocycles. The molecule has 7 heteroatoms. The maximum Gasteiger partial charge on any atom is 0.230 e. The number of hydrogen-bond acceptors (Lipinski definition) is 4. The van der Waals surface area contributed by atoms with Gasteiger partial charge in [0, 0.05) is 35.2 Å². The van der Waals surface area contributed by atoms with Crippen molar-refractivity contribution in [3.63, 3.8) is 0 Å². The highest BCUT2D eigenvalue weighted by atomic mass is 32.2. The second-order valence-corrected chi connectivity index (χ2v) is 6.75. The summed E-state index contributed by atoms with van der Waals surface area (Å²) in [5, 5.41) is 13.4. The Bertz CT molecular complexity index is 852. The zero-order valence-electron chi connectivity index (χ0n) is 14.0. The average Bonchev–Trinajstić information content (AvgIpc) is 3.15. The van der Waals surface area contributed by atoms with Crippen molar-refractivity contribution in [2.75, 3.05) is 5.75 Å². The molecular formula is C17H21N5OS. The van der Waals surface area contributed by atoms with E-state index in [-0.39, 0.29) is 11.9 Å². The number of thioether (sulfide) groups is 1. The standard InChI is InChI=1S/C17H21N5OS/c1-4-22-16(13-9-18-14-8-6-5-7-12(13)14)20-21-17(22)24-10-15(23)19-11(2)3/h5-9,11,18H,4,10H2,1-3H3,(H,19,23). The number of carbonyl (C=O) groups is 1. The number of benzene rings is 1. The van der Waals surface area contributed by atoms with Crippen molar-refractivity contribution in [2.45, 2.75) is 38.5 Å². The first-order valence-corrected chi connectivity index (χ1v) is 9.00. The molecule has 126 valence electrons. The van der Waals surface area contributed by atoms with Crippen LogP contribution in [-0.4, -0.2) is 37.5 Å². The van der Waals surface area contributed by atoms with Gasteiger partial charge in [-0.1, -0.05) is 30.0 Å². The van der Waals surface area contributed by atoms with Gasteiger partial charge in [-0.3, -0.25) is 4.79 Å². The predicted molar refractivity (Wildman–Crippen MR) is 97.0 cm³/mol. The van der Waals surface area contributed by atoms with E-state index in [0.717, 1.165) is 34.0 Å². The van der Waals surface area contributed by atoms with Gasteiger partial charge in [0.25, 0.3) is 0 Å². The van der Waals surface area contributed by atoms with E-state index in [1.54, 1.807) is 0 Å². The lowest BCUT2D eigenvalue weighted by molar-refractivity contribution is -0.119. The van der Waals surface area contributed by atoms with E-state index < -0.39 is 0 Å². The molecule has 6 nitrogen and oxygen atoms in total. The van der Waals surface area contributed by atoms with Gasteiger partial charge >= 0.3 is 0 Å². The van der Waals surface area contributed by atoms with Gasteiger partial charge in [0.1, 0.15) is 0 Å². The number of carbonyl (C=O) groups excluding carboxylic acids is 1. The lowest BCUT2D eigenvalue weighted by Crippen LogP contribution is -2.31. The second kappa shape index (κ2) is 7.09. The molecule has 2 N–H and O–H groups in total. The van der Waals surface area contributed by atoms with E-state index in [4.69, 9.17) is 0 Å². The van der Waals surface area contributed by atoms with Crippen LogP contribution in [-0.2, 0) is 11.3 Å². The van der Waals surface area contributed by atoms with Gasteiger partial charge in [-0.15, -0.1) is 10.2 Å². The third kappa shape index (κ3) is 3.31. The Kier molecular flexibility index (Phi) is 4.89. The number of amides is 1. The maximum absolute atomic E-state index is 11.8. The van der Waals surface area contributed by atoms with Gasteiger partial charge in [-0.05, 0) is 26.8 Å². The smallest absolute Gasteiger partial charge is 0.230 e. The van der Waals surface area contributed by atoms with E-state index in [1.807, 2.05) is 42.8 Å². The van der Waals surface area contributed by atoms with Gasteiger partial charge in [0.15, 0.2) is 11.0 Å². The van der Waals surface area contributed by atoms with Crippen molar-refractivity contribution in [1.82, 2.24) is 25.1 Å². The minimum atomic E-state index is 0.00861. The van der Waals surface area contributed by atoms with E-state index >= 15 is 0 Å². The zero-order valence-corrected chi connectivity index (χ0v) is 14.9. The lowest BCUT2D eigenvalue weighted by Gasteiger charge is -2.09. The Morgan fingerprint density at radius 3 is 2.88 bits per heavy atom. The third-order valence-corrected chi connectivity index (χ3v) is 4.61. The van der Waals surface area contributed by atoms with Gasteiger partial charge in [-0.25, -0.2) is 0 Å². The summed E-state index contributed by atoms with van der Waals surface area (Å²) >= 11 is 1.41. The molecule has 3 rings (SSSR count). The number of aromatic nitrogens is 4. The topological polar surface area (TPSA) is 75.6 Å². The van der Waals surface area contributed by atoms with Crippen LogP contribution in [0.2, 0.25) is 0 Å². The zero-order chi connectivity index (χ0) is 17.1. The fraction of sp³-hybridized carbons (Fsp3) is 0.353. The molecule has 0 atom stereocenters. The molecule has 0 spiro atoms. The van der Waals surface area contributed by atoms with Crippen LogP contribution in [0.25, 0.3) is 22.3 Å². The fourth-order valence-electron chi connectivity index (χ4n) is 2.63. The molecule has 0 aliphatic rings. The summed E-state index contributed by atoms with van der Waals surface area (Å²) in [6.07, 6.45) is 1.96. The van der Waals surface area contributed by atoms with E-state index in [9.17, 15) is 4.79 Å². The molecule has 0 fully saturated rings. The molecule has 3 aromatic rings. The SMILES string of the molecule is CCn1c(SCC(=O)NC(C)C)nnc1-c1c[nH]c2ccccc12. The van der Waals surface area contributed by atoms with Gasteiger partial charge in [0.05, 0.1) is 5.75 Å². The normalized spacial score (nSPS) is 11.3. The highest BCUT2D eigenvalue weighted by molar-refractivity contribution is 7.99. The Morgan fingerprint density at radius 2 is 2.12 bits per heavy atom. The molecule has 0 bridgehead atoms. The molecule has 1 amide bonds. The summed E-state index contributed by atoms with van der Waals surface area (Å²) in [4.78, 5) is 15.1. The first kappa shape index (κ1) is 16.6. The van der Waals surface area contributed by atoms with Crippen LogP contribution < -0.4 is 5.32 Å². The summed E-state index contributed by atoms with van der Waals surface area (Å²) < 4.78 is 2.04. The first-order chi connectivity index (χ1) is 11.6. The van der Waals surface area contributed by atoms with E-state index in [0.29, 0.717) is 5.75 Å². The monoisotopic (exact) mass is 343 g/mol. The van der Waals surface area contributed by atoms with Crippen molar-refractivity contribution >= 4 is 28.6 Å². The Balaban J connectivity index is 1.86. The Morgan fingerprint density at radius 1 is 1.33 bits per heavy atom. The quantitative estimate of drug-likeness (QED) is 0.675. The number of para-hydroxylation sites is 1. The van der Waals surface area contributed by atoms with Gasteiger partial charge in [-0.2, -0.15) is 0 Å². The highest BCUT2D eigenvalue weighted by Crippen LogP contribution is 2.29. The second-order valence-electron chi connectivity index (χ2n) is 5.81. The number of aromatic amines is 1. The molecule has 0 unspecified atom stereocenters. The van der Waals surface area contributed by atoms with Crippen LogP contribution in [0.5, 0.6) is 0 Å². The number of rotatable bonds is 6. The summed E-state index contributed by atoms with van der Waals surface area (Å²) in [6, 6.07) is 8.26. The molecule has 0 saturated heterocycles. The van der Waals surface area contributed by atoms with Crippen molar-refractivity contribution < 1.29 is 4.79 Å². The van der Waals surface area contributed by atoms with Crippen LogP contribution in [0, 0.1) is 0 Å². The van der Waals surface area contributed by atoms with Crippen LogP contribution in [0.15, 0.2) is 35.6 Å². The van der Waals surface area contributed by atoms with E-state index in [2.05, 4.69) is 33.5 Å². The van der Waals surface area contributed by atoms with Crippen molar-refractivity contribution in [3.8, 4) is 11.4 Å². The lowest BCUT2D eigenvalue weighted by atomic mass is 10.1. The molecule has 0 radical (unpaired) electrons. The minimum Gasteiger partial charge on any atom is -0.360 e. The van der Waals surface area contributed by atoms with Crippen LogP contribution in [0.4, 0.5) is 0 Å². The van der Waals surface area contributed by atoms with Gasteiger partial charge < -0.3 is 14.9 Å². The number of hydrogen-bond donors (Lipinski definition) is 2. The fourth-order valence-corrected chi connectivity index (χ4v) is 3.44. The summed E-state index contributed by atoms with van der Waals surface area (Å²) in [5.41, 5.74) is 2.10. The summed E-state index contributed by atoms with van der Waals surface area (Å²) in [6.45, 7) is 6.70.